The minimum absolute atomic E-state index is 0.0125. The van der Waals surface area contributed by atoms with Crippen LogP contribution in [0.5, 0.6) is 0 Å². The van der Waals surface area contributed by atoms with Gasteiger partial charge in [-0.2, -0.15) is 13.9 Å². The molecule has 1 aliphatic rings. The Balaban J connectivity index is 1.27. The van der Waals surface area contributed by atoms with Gasteiger partial charge in [0.25, 0.3) is 11.8 Å². The van der Waals surface area contributed by atoms with Crippen LogP contribution in [0.1, 0.15) is 23.6 Å². The zero-order chi connectivity index (χ0) is 30.4. The van der Waals surface area contributed by atoms with Gasteiger partial charge in [-0.15, -0.1) is 19.7 Å². The molecule has 2 aromatic heterocycles. The number of ether oxygens (including phenoxy) is 1. The zero-order valence-corrected chi connectivity index (χ0v) is 23.2. The third kappa shape index (κ3) is 7.51. The molecule has 224 valence electrons. The highest BCUT2D eigenvalue weighted by atomic mass is 32.2. The first-order valence-electron chi connectivity index (χ1n) is 12.9. The van der Waals surface area contributed by atoms with Crippen molar-refractivity contribution < 1.29 is 36.1 Å². The maximum Gasteiger partial charge on any atom is 0.442 e. The topological polar surface area (TPSA) is 144 Å². The number of hydrogen-bond donors (Lipinski definition) is 0. The Morgan fingerprint density at radius 3 is 2.42 bits per heavy atom. The fourth-order valence-corrected chi connectivity index (χ4v) is 5.84. The van der Waals surface area contributed by atoms with Crippen molar-refractivity contribution in [2.24, 2.45) is 4.36 Å². The summed E-state index contributed by atoms with van der Waals surface area (Å²) in [6.45, 7) is -0.106. The van der Waals surface area contributed by atoms with Gasteiger partial charge >= 0.3 is 18.5 Å². The third-order valence-corrected chi connectivity index (χ3v) is 8.44. The number of halogens is 3. The smallest absolute Gasteiger partial charge is 0.442 e. The van der Waals surface area contributed by atoms with E-state index in [2.05, 4.69) is 24.8 Å². The van der Waals surface area contributed by atoms with E-state index < -0.39 is 40.0 Å². The van der Waals surface area contributed by atoms with Gasteiger partial charge in [-0.3, -0.25) is 4.90 Å². The summed E-state index contributed by atoms with van der Waals surface area (Å²) in [5.41, 5.74) is 1.32. The van der Waals surface area contributed by atoms with E-state index in [1.54, 1.807) is 24.3 Å². The van der Waals surface area contributed by atoms with Gasteiger partial charge in [0, 0.05) is 18.8 Å². The third-order valence-electron chi connectivity index (χ3n) is 6.31. The van der Waals surface area contributed by atoms with Crippen LogP contribution < -0.4 is 4.90 Å². The molecule has 0 unspecified atom stereocenters. The number of anilines is 1. The average Bonchev–Trinajstić information content (AvgIpc) is 3.51. The normalized spacial score (nSPS) is 14.4. The van der Waals surface area contributed by atoms with Gasteiger partial charge in [0.15, 0.2) is 0 Å². The van der Waals surface area contributed by atoms with E-state index in [-0.39, 0.29) is 60.7 Å². The number of benzene rings is 2. The molecule has 16 heteroatoms. The number of nitrogens with zero attached hydrogens (tertiary/aromatic N) is 7. The highest BCUT2D eigenvalue weighted by Gasteiger charge is 2.30. The van der Waals surface area contributed by atoms with Gasteiger partial charge < -0.3 is 14.1 Å². The molecule has 0 atom stereocenters. The van der Waals surface area contributed by atoms with Gasteiger partial charge in [-0.1, -0.05) is 36.4 Å². The van der Waals surface area contributed by atoms with Crippen LogP contribution in [0.2, 0.25) is 0 Å². The molecule has 2 aromatic carbocycles. The summed E-state index contributed by atoms with van der Waals surface area (Å²) in [4.78, 5) is 28.5. The van der Waals surface area contributed by atoms with Gasteiger partial charge in [-0.25, -0.2) is 18.2 Å². The van der Waals surface area contributed by atoms with Crippen LogP contribution in [0, 0.1) is 5.82 Å². The monoisotopic (exact) mass is 615 g/mol. The number of aromatic nitrogens is 4. The minimum atomic E-state index is -2.96. The molecule has 12 nitrogen and oxygen atoms in total. The number of urea groups is 1. The van der Waals surface area contributed by atoms with E-state index in [0.717, 1.165) is 5.56 Å². The van der Waals surface area contributed by atoms with Crippen LogP contribution in [0.15, 0.2) is 75.5 Å². The number of carbonyl (C=O) groups is 2. The Morgan fingerprint density at radius 2 is 1.77 bits per heavy atom. The molecule has 0 bridgehead atoms. The average molecular weight is 616 g/mol. The van der Waals surface area contributed by atoms with Gasteiger partial charge in [-0.05, 0) is 35.9 Å². The molecule has 1 aliphatic heterocycles. The first kappa shape index (κ1) is 29.6. The van der Waals surface area contributed by atoms with E-state index >= 15 is 0 Å². The molecule has 4 aromatic rings. The summed E-state index contributed by atoms with van der Waals surface area (Å²) in [7, 11) is -2.96. The Bertz CT molecular complexity index is 1700. The molecule has 0 saturated carbocycles. The second kappa shape index (κ2) is 13.0. The Kier molecular flexibility index (Phi) is 8.94. The zero-order valence-electron chi connectivity index (χ0n) is 22.4. The van der Waals surface area contributed by atoms with Crippen molar-refractivity contribution in [1.29, 1.82) is 0 Å². The lowest BCUT2D eigenvalue weighted by atomic mass is 10.2. The molecule has 0 radical (unpaired) electrons. The number of hydrogen-bond acceptors (Lipinski definition) is 9. The lowest BCUT2D eigenvalue weighted by Crippen LogP contribution is -2.50. The molecular weight excluding hydrogens is 591 g/mol. The van der Waals surface area contributed by atoms with E-state index in [1.807, 2.05) is 6.07 Å². The van der Waals surface area contributed by atoms with Crippen molar-refractivity contribution >= 4 is 27.5 Å². The predicted octanol–water partition coefficient (Wildman–Crippen LogP) is 4.85. The predicted molar refractivity (Wildman–Crippen MR) is 147 cm³/mol. The van der Waals surface area contributed by atoms with Crippen molar-refractivity contribution in [3.05, 3.63) is 89.7 Å². The maximum absolute atomic E-state index is 14.1. The Labute approximate surface area is 243 Å². The van der Waals surface area contributed by atoms with Crippen LogP contribution in [-0.2, 0) is 27.6 Å². The second-order valence-electron chi connectivity index (χ2n) is 9.30. The summed E-state index contributed by atoms with van der Waals surface area (Å²) in [6.07, 6.45) is -3.88. The summed E-state index contributed by atoms with van der Waals surface area (Å²) >= 11 is 0. The quantitative estimate of drug-likeness (QED) is 0.285. The standard InChI is InChI=1S/C27H24F3N7O5S/c28-19-7-4-8-21(15-19)37(16-20-9-10-22(32-31-20)24-33-34-25(42-24)23(29)30)27(39)36-11-13-43(40,14-12-36)35-26(38)41-17-18-5-2-1-3-6-18/h1-10,15,23H,11-14,16-17H2. The maximum atomic E-state index is 14.1. The van der Waals surface area contributed by atoms with Crippen molar-refractivity contribution in [1.82, 2.24) is 25.3 Å². The largest absolute Gasteiger partial charge is 0.443 e. The fraction of sp³-hybridized carbons (Fsp3) is 0.259. The summed E-state index contributed by atoms with van der Waals surface area (Å²) in [6, 6.07) is 16.7. The Morgan fingerprint density at radius 1 is 1.00 bits per heavy atom. The molecule has 0 aliphatic carbocycles. The minimum Gasteiger partial charge on any atom is -0.443 e. The first-order chi connectivity index (χ1) is 20.7. The van der Waals surface area contributed by atoms with Crippen LogP contribution in [0.4, 0.5) is 28.4 Å². The second-order valence-corrected chi connectivity index (χ2v) is 11.8. The SMILES string of the molecule is O=C(N=S1(=O)CCN(C(=O)N(Cc2ccc(-c3nnc(C(F)F)o3)nn2)c2cccc(F)c2)CC1)OCc1ccccc1. The van der Waals surface area contributed by atoms with E-state index in [0.29, 0.717) is 0 Å². The van der Waals surface area contributed by atoms with Crippen molar-refractivity contribution in [3.8, 4) is 11.6 Å². The van der Waals surface area contributed by atoms with Gasteiger partial charge in [0.05, 0.1) is 33.5 Å². The van der Waals surface area contributed by atoms with E-state index in [1.165, 1.54) is 46.2 Å². The van der Waals surface area contributed by atoms with Crippen LogP contribution in [0.3, 0.4) is 0 Å². The molecule has 3 amide bonds. The molecule has 43 heavy (non-hydrogen) atoms. The molecule has 1 saturated heterocycles. The number of amides is 3. The molecule has 3 heterocycles. The van der Waals surface area contributed by atoms with Gasteiger partial charge in [0.1, 0.15) is 18.1 Å². The first-order valence-corrected chi connectivity index (χ1v) is 14.7. The van der Waals surface area contributed by atoms with Crippen LogP contribution in [0.25, 0.3) is 11.6 Å². The van der Waals surface area contributed by atoms with Crippen molar-refractivity contribution in [2.45, 2.75) is 19.6 Å². The molecule has 1 fully saturated rings. The Hall–Kier alpha value is -4.86. The van der Waals surface area contributed by atoms with E-state index in [4.69, 9.17) is 9.15 Å². The number of carbonyl (C=O) groups excluding carboxylic acids is 2. The summed E-state index contributed by atoms with van der Waals surface area (Å²) in [5, 5.41) is 14.7. The fourth-order valence-electron chi connectivity index (χ4n) is 4.11. The van der Waals surface area contributed by atoms with E-state index in [9.17, 15) is 27.0 Å². The highest BCUT2D eigenvalue weighted by Crippen LogP contribution is 2.24. The summed E-state index contributed by atoms with van der Waals surface area (Å²) < 4.78 is 66.7. The lowest BCUT2D eigenvalue weighted by molar-refractivity contribution is 0.116. The van der Waals surface area contributed by atoms with Crippen LogP contribution >= 0.6 is 0 Å². The van der Waals surface area contributed by atoms with Gasteiger partial charge in [0.2, 0.25) is 0 Å². The van der Waals surface area contributed by atoms with Crippen molar-refractivity contribution in [2.75, 3.05) is 29.5 Å². The lowest BCUT2D eigenvalue weighted by Gasteiger charge is -2.33. The summed E-state index contributed by atoms with van der Waals surface area (Å²) in [5.74, 6) is -1.80. The molecule has 0 N–H and O–H groups in total. The number of alkyl halides is 2. The number of rotatable bonds is 7. The highest BCUT2D eigenvalue weighted by molar-refractivity contribution is 7.94. The van der Waals surface area contributed by atoms with Crippen LogP contribution in [-0.4, -0.2) is 66.2 Å². The van der Waals surface area contributed by atoms with Crippen molar-refractivity contribution in [3.63, 3.8) is 0 Å². The molecule has 5 rings (SSSR count). The molecular formula is C27H24F3N7O5S. The molecule has 0 spiro atoms.